The molecule has 6 nitrogen and oxygen atoms in total. The van der Waals surface area contributed by atoms with Crippen LogP contribution in [0.5, 0.6) is 0 Å². The number of nitrogens with zero attached hydrogens (tertiary/aromatic N) is 2. The van der Waals surface area contributed by atoms with Crippen molar-refractivity contribution < 1.29 is 10.2 Å². The van der Waals surface area contributed by atoms with E-state index in [-0.39, 0.29) is 24.4 Å². The van der Waals surface area contributed by atoms with Crippen molar-refractivity contribution in [3.05, 3.63) is 34.9 Å². The molecule has 0 spiro atoms. The van der Waals surface area contributed by atoms with Crippen molar-refractivity contribution in [3.63, 3.8) is 0 Å². The molecule has 2 rings (SSSR count). The van der Waals surface area contributed by atoms with Crippen molar-refractivity contribution in [3.8, 4) is 0 Å². The normalized spacial score (nSPS) is 21.9. The number of hydrogen-bond donors (Lipinski definition) is 3. The standard InChI is InChI=1S/C10H13N3O3S/c11-7-2-4-13(9(16)12-7)8-1-3-10(5-14,6-15)17-8/h1-4,8,14-15H,5-6H2,(H2,11,12,16)/t8-/m1/s1. The topological polar surface area (TPSA) is 101 Å². The maximum absolute atomic E-state index is 11.6. The van der Waals surface area contributed by atoms with Crippen molar-refractivity contribution in [2.24, 2.45) is 0 Å². The van der Waals surface area contributed by atoms with Crippen LogP contribution in [-0.4, -0.2) is 37.7 Å². The molecule has 4 N–H and O–H groups in total. The summed E-state index contributed by atoms with van der Waals surface area (Å²) in [5.41, 5.74) is 4.96. The third-order valence-electron chi connectivity index (χ3n) is 2.58. The number of aliphatic hydroxyl groups is 2. The zero-order valence-corrected chi connectivity index (χ0v) is 9.80. The van der Waals surface area contributed by atoms with Gasteiger partial charge >= 0.3 is 5.69 Å². The van der Waals surface area contributed by atoms with Gasteiger partial charge in [0.05, 0.1) is 18.0 Å². The van der Waals surface area contributed by atoms with Gasteiger partial charge in [0.1, 0.15) is 11.2 Å². The number of anilines is 1. The van der Waals surface area contributed by atoms with E-state index in [1.165, 1.54) is 22.4 Å². The quantitative estimate of drug-likeness (QED) is 0.620. The zero-order valence-electron chi connectivity index (χ0n) is 8.98. The zero-order chi connectivity index (χ0) is 12.5. The van der Waals surface area contributed by atoms with Crippen LogP contribution in [0, 0.1) is 0 Å². The summed E-state index contributed by atoms with van der Waals surface area (Å²) in [6, 6.07) is 1.54. The van der Waals surface area contributed by atoms with E-state index in [1.807, 2.05) is 0 Å². The molecule has 1 atom stereocenters. The van der Waals surface area contributed by atoms with Gasteiger partial charge in [0, 0.05) is 6.20 Å². The molecule has 0 amide bonds. The van der Waals surface area contributed by atoms with Crippen LogP contribution in [0.3, 0.4) is 0 Å². The fraction of sp³-hybridized carbons (Fsp3) is 0.400. The van der Waals surface area contributed by atoms with Gasteiger partial charge in [0.2, 0.25) is 0 Å². The van der Waals surface area contributed by atoms with Crippen LogP contribution in [0.1, 0.15) is 5.37 Å². The Hall–Kier alpha value is -1.31. The van der Waals surface area contributed by atoms with E-state index in [0.29, 0.717) is 0 Å². The third-order valence-corrected chi connectivity index (χ3v) is 4.07. The van der Waals surface area contributed by atoms with Crippen molar-refractivity contribution in [1.29, 1.82) is 0 Å². The van der Waals surface area contributed by atoms with Crippen LogP contribution < -0.4 is 11.4 Å². The van der Waals surface area contributed by atoms with Crippen LogP contribution in [-0.2, 0) is 0 Å². The van der Waals surface area contributed by atoms with E-state index in [4.69, 9.17) is 5.73 Å². The first-order valence-electron chi connectivity index (χ1n) is 5.04. The lowest BCUT2D eigenvalue weighted by atomic mass is 10.1. The number of rotatable bonds is 3. The average molecular weight is 255 g/mol. The van der Waals surface area contributed by atoms with Crippen molar-refractivity contribution in [2.75, 3.05) is 18.9 Å². The molecule has 0 aromatic carbocycles. The minimum atomic E-state index is -0.731. The average Bonchev–Trinajstić information content (AvgIpc) is 2.74. The molecule has 1 aromatic heterocycles. The van der Waals surface area contributed by atoms with Crippen LogP contribution in [0.25, 0.3) is 0 Å². The SMILES string of the molecule is Nc1ccn([C@H]2C=CC(CO)(CO)S2)c(=O)n1. The van der Waals surface area contributed by atoms with Gasteiger partial charge in [-0.1, -0.05) is 12.2 Å². The molecule has 17 heavy (non-hydrogen) atoms. The molecule has 0 unspecified atom stereocenters. The van der Waals surface area contributed by atoms with Gasteiger partial charge in [0.15, 0.2) is 0 Å². The first-order chi connectivity index (χ1) is 8.10. The molecule has 0 aliphatic carbocycles. The van der Waals surface area contributed by atoms with Crippen LogP contribution in [0.2, 0.25) is 0 Å². The van der Waals surface area contributed by atoms with Gasteiger partial charge < -0.3 is 15.9 Å². The van der Waals surface area contributed by atoms with E-state index >= 15 is 0 Å². The molecule has 0 bridgehead atoms. The number of thioether (sulfide) groups is 1. The predicted molar refractivity (Wildman–Crippen MR) is 65.6 cm³/mol. The van der Waals surface area contributed by atoms with Crippen molar-refractivity contribution in [2.45, 2.75) is 10.1 Å². The number of nitrogen functional groups attached to an aromatic ring is 1. The Bertz CT molecular complexity index is 496. The van der Waals surface area contributed by atoms with Gasteiger partial charge in [-0.05, 0) is 6.07 Å². The molecular weight excluding hydrogens is 242 g/mol. The number of aliphatic hydroxyl groups excluding tert-OH is 2. The minimum Gasteiger partial charge on any atom is -0.395 e. The molecule has 1 aliphatic rings. The van der Waals surface area contributed by atoms with Crippen molar-refractivity contribution in [1.82, 2.24) is 9.55 Å². The summed E-state index contributed by atoms with van der Waals surface area (Å²) in [5.74, 6) is 0.175. The first-order valence-corrected chi connectivity index (χ1v) is 5.92. The Balaban J connectivity index is 2.27. The van der Waals surface area contributed by atoms with E-state index in [0.717, 1.165) is 0 Å². The molecule has 1 aliphatic heterocycles. The molecular formula is C10H13N3O3S. The first kappa shape index (κ1) is 12.2. The lowest BCUT2D eigenvalue weighted by Gasteiger charge is -2.23. The van der Waals surface area contributed by atoms with Gasteiger partial charge in [-0.15, -0.1) is 11.8 Å². The Morgan fingerprint density at radius 3 is 2.76 bits per heavy atom. The fourth-order valence-electron chi connectivity index (χ4n) is 1.58. The number of aromatic nitrogens is 2. The van der Waals surface area contributed by atoms with Crippen LogP contribution in [0.4, 0.5) is 5.82 Å². The minimum absolute atomic E-state index is 0.175. The fourth-order valence-corrected chi connectivity index (χ4v) is 2.79. The summed E-state index contributed by atoms with van der Waals surface area (Å²) in [5, 5.41) is 18.2. The predicted octanol–water partition coefficient (Wildman–Crippen LogP) is -0.650. The Kier molecular flexibility index (Phi) is 3.23. The van der Waals surface area contributed by atoms with E-state index in [2.05, 4.69) is 4.98 Å². The summed E-state index contributed by atoms with van der Waals surface area (Å²) in [6.45, 7) is -0.364. The summed E-state index contributed by atoms with van der Waals surface area (Å²) in [6.07, 6.45) is 5.03. The molecule has 0 saturated heterocycles. The second kappa shape index (κ2) is 4.52. The van der Waals surface area contributed by atoms with E-state index in [1.54, 1.807) is 18.3 Å². The highest BCUT2D eigenvalue weighted by atomic mass is 32.2. The summed E-state index contributed by atoms with van der Waals surface area (Å²) < 4.78 is 0.677. The Morgan fingerprint density at radius 1 is 1.53 bits per heavy atom. The molecule has 1 aromatic rings. The molecule has 0 fully saturated rings. The van der Waals surface area contributed by atoms with Gasteiger partial charge in [-0.3, -0.25) is 4.57 Å². The summed E-state index contributed by atoms with van der Waals surface area (Å²) in [4.78, 5) is 15.2. The third kappa shape index (κ3) is 2.21. The lowest BCUT2D eigenvalue weighted by Crippen LogP contribution is -2.31. The highest BCUT2D eigenvalue weighted by molar-refractivity contribution is 8.01. The smallest absolute Gasteiger partial charge is 0.350 e. The number of nitrogens with two attached hydrogens (primary N) is 1. The summed E-state index contributed by atoms with van der Waals surface area (Å²) >= 11 is 1.30. The largest absolute Gasteiger partial charge is 0.395 e. The van der Waals surface area contributed by atoms with E-state index in [9.17, 15) is 15.0 Å². The molecule has 2 heterocycles. The summed E-state index contributed by atoms with van der Waals surface area (Å²) in [7, 11) is 0. The molecule has 92 valence electrons. The molecule has 0 radical (unpaired) electrons. The maximum atomic E-state index is 11.6. The monoisotopic (exact) mass is 255 g/mol. The van der Waals surface area contributed by atoms with Gasteiger partial charge in [-0.25, -0.2) is 4.79 Å². The highest BCUT2D eigenvalue weighted by Crippen LogP contribution is 2.42. The van der Waals surface area contributed by atoms with E-state index < -0.39 is 10.4 Å². The van der Waals surface area contributed by atoms with Crippen LogP contribution in [0.15, 0.2) is 29.2 Å². The lowest BCUT2D eigenvalue weighted by molar-refractivity contribution is 0.197. The molecule has 7 heteroatoms. The Morgan fingerprint density at radius 2 is 2.24 bits per heavy atom. The second-order valence-corrected chi connectivity index (χ2v) is 5.32. The maximum Gasteiger partial charge on any atom is 0.350 e. The van der Waals surface area contributed by atoms with Gasteiger partial charge in [0.25, 0.3) is 0 Å². The second-order valence-electron chi connectivity index (χ2n) is 3.79. The Labute approximate surface area is 102 Å². The van der Waals surface area contributed by atoms with Crippen molar-refractivity contribution >= 4 is 17.6 Å². The number of hydrogen-bond acceptors (Lipinski definition) is 6. The van der Waals surface area contributed by atoms with Gasteiger partial charge in [-0.2, -0.15) is 4.98 Å². The van der Waals surface area contributed by atoms with Crippen LogP contribution >= 0.6 is 11.8 Å². The highest BCUT2D eigenvalue weighted by Gasteiger charge is 2.35. The molecule has 0 saturated carbocycles.